The van der Waals surface area contributed by atoms with Gasteiger partial charge >= 0.3 is 6.03 Å². The van der Waals surface area contributed by atoms with E-state index in [0.29, 0.717) is 5.92 Å². The van der Waals surface area contributed by atoms with Crippen LogP contribution in [0, 0.1) is 5.92 Å². The Morgan fingerprint density at radius 3 is 3.25 bits per heavy atom. The third kappa shape index (κ3) is 2.69. The van der Waals surface area contributed by atoms with Crippen LogP contribution < -0.4 is 5.32 Å². The van der Waals surface area contributed by atoms with Crippen LogP contribution in [-0.4, -0.2) is 37.2 Å². The van der Waals surface area contributed by atoms with Gasteiger partial charge in [0.2, 0.25) is 0 Å². The molecule has 0 spiro atoms. The van der Waals surface area contributed by atoms with Gasteiger partial charge in [-0.25, -0.2) is 4.79 Å². The third-order valence-corrected chi connectivity index (χ3v) is 5.30. The maximum Gasteiger partial charge on any atom is 0.317 e. The zero-order chi connectivity index (χ0) is 13.9. The van der Waals surface area contributed by atoms with Crippen molar-refractivity contribution in [1.82, 2.24) is 10.2 Å². The fraction of sp³-hybridized carbons (Fsp3) is 0.667. The minimum atomic E-state index is 0.0839. The summed E-state index contributed by atoms with van der Waals surface area (Å²) >= 11 is 1.82. The number of ether oxygens (including phenoxy) is 1. The Balaban J connectivity index is 1.62. The molecule has 0 radical (unpaired) electrons. The lowest BCUT2D eigenvalue weighted by atomic mass is 9.98. The van der Waals surface area contributed by atoms with E-state index in [1.165, 1.54) is 10.4 Å². The van der Waals surface area contributed by atoms with E-state index in [4.69, 9.17) is 4.74 Å². The molecule has 2 amide bonds. The van der Waals surface area contributed by atoms with Gasteiger partial charge in [0.1, 0.15) is 0 Å². The summed E-state index contributed by atoms with van der Waals surface area (Å²) in [5.74, 6) is 0.487. The number of carbonyl (C=O) groups excluding carboxylic acids is 1. The molecular formula is C15H22N2O2S. The van der Waals surface area contributed by atoms with E-state index in [1.54, 1.807) is 0 Å². The molecule has 2 atom stereocenters. The van der Waals surface area contributed by atoms with Crippen molar-refractivity contribution in [3.8, 4) is 0 Å². The highest BCUT2D eigenvalue weighted by atomic mass is 32.1. The molecule has 3 rings (SSSR count). The molecule has 0 unspecified atom stereocenters. The van der Waals surface area contributed by atoms with E-state index < -0.39 is 0 Å². The first kappa shape index (κ1) is 13.9. The Labute approximate surface area is 124 Å². The van der Waals surface area contributed by atoms with Crippen molar-refractivity contribution in [3.05, 3.63) is 21.9 Å². The second-order valence-electron chi connectivity index (χ2n) is 5.58. The van der Waals surface area contributed by atoms with Gasteiger partial charge in [-0.3, -0.25) is 0 Å². The van der Waals surface area contributed by atoms with Gasteiger partial charge in [0.25, 0.3) is 0 Å². The predicted octanol–water partition coefficient (Wildman–Crippen LogP) is 2.80. The van der Waals surface area contributed by atoms with E-state index in [1.807, 2.05) is 16.2 Å². The molecule has 1 N–H and O–H groups in total. The molecule has 0 aromatic carbocycles. The number of nitrogens with zero attached hydrogens (tertiary/aromatic N) is 1. The molecule has 1 aromatic rings. The number of thiophene rings is 1. The number of rotatable bonds is 3. The average molecular weight is 294 g/mol. The summed E-state index contributed by atoms with van der Waals surface area (Å²) < 4.78 is 5.35. The average Bonchev–Trinajstić information content (AvgIpc) is 3.14. The minimum Gasteiger partial charge on any atom is -0.381 e. The summed E-state index contributed by atoms with van der Waals surface area (Å²) in [6.07, 6.45) is 3.03. The number of hydrogen-bond donors (Lipinski definition) is 1. The van der Waals surface area contributed by atoms with Crippen LogP contribution in [0.5, 0.6) is 0 Å². The summed E-state index contributed by atoms with van der Waals surface area (Å²) in [5, 5.41) is 5.24. The number of amides is 2. The lowest BCUT2D eigenvalue weighted by Crippen LogP contribution is -2.46. The van der Waals surface area contributed by atoms with Crippen molar-refractivity contribution < 1.29 is 9.53 Å². The Morgan fingerprint density at radius 2 is 2.50 bits per heavy atom. The van der Waals surface area contributed by atoms with Crippen LogP contribution in [0.3, 0.4) is 0 Å². The Morgan fingerprint density at radius 1 is 1.60 bits per heavy atom. The van der Waals surface area contributed by atoms with Crippen LogP contribution in [0.4, 0.5) is 4.79 Å². The second-order valence-corrected chi connectivity index (χ2v) is 6.58. The van der Waals surface area contributed by atoms with Gasteiger partial charge in [-0.2, -0.15) is 0 Å². The van der Waals surface area contributed by atoms with Gasteiger partial charge < -0.3 is 15.0 Å². The highest BCUT2D eigenvalue weighted by Crippen LogP contribution is 2.35. The zero-order valence-electron chi connectivity index (χ0n) is 11.9. The summed E-state index contributed by atoms with van der Waals surface area (Å²) in [6.45, 7) is 5.34. The topological polar surface area (TPSA) is 41.6 Å². The van der Waals surface area contributed by atoms with Crippen molar-refractivity contribution >= 4 is 17.4 Å². The lowest BCUT2D eigenvalue weighted by Gasteiger charge is -2.35. The molecule has 0 bridgehead atoms. The lowest BCUT2D eigenvalue weighted by molar-refractivity contribution is 0.163. The molecular weight excluding hydrogens is 272 g/mol. The van der Waals surface area contributed by atoms with E-state index in [2.05, 4.69) is 23.7 Å². The monoisotopic (exact) mass is 294 g/mol. The van der Waals surface area contributed by atoms with Crippen molar-refractivity contribution in [2.45, 2.75) is 32.2 Å². The summed E-state index contributed by atoms with van der Waals surface area (Å²) in [6, 6.07) is 2.50. The minimum absolute atomic E-state index is 0.0839. The highest BCUT2D eigenvalue weighted by molar-refractivity contribution is 7.10. The van der Waals surface area contributed by atoms with Crippen LogP contribution in [0.25, 0.3) is 0 Å². The largest absolute Gasteiger partial charge is 0.381 e. The summed E-state index contributed by atoms with van der Waals surface area (Å²) in [4.78, 5) is 15.9. The van der Waals surface area contributed by atoms with Crippen LogP contribution in [0.2, 0.25) is 0 Å². The maximum atomic E-state index is 12.4. The van der Waals surface area contributed by atoms with Gasteiger partial charge in [-0.05, 0) is 36.3 Å². The summed E-state index contributed by atoms with van der Waals surface area (Å²) in [5.41, 5.74) is 1.35. The predicted molar refractivity (Wildman–Crippen MR) is 80.1 cm³/mol. The van der Waals surface area contributed by atoms with E-state index in [-0.39, 0.29) is 12.1 Å². The third-order valence-electron chi connectivity index (χ3n) is 4.31. The summed E-state index contributed by atoms with van der Waals surface area (Å²) in [7, 11) is 0. The molecule has 1 fully saturated rings. The Bertz CT molecular complexity index is 468. The van der Waals surface area contributed by atoms with Crippen LogP contribution in [0.1, 0.15) is 36.2 Å². The van der Waals surface area contributed by atoms with Crippen molar-refractivity contribution in [1.29, 1.82) is 0 Å². The van der Waals surface area contributed by atoms with Crippen molar-refractivity contribution in [3.63, 3.8) is 0 Å². The van der Waals surface area contributed by atoms with E-state index in [0.717, 1.165) is 45.6 Å². The molecule has 3 heterocycles. The number of hydrogen-bond acceptors (Lipinski definition) is 3. The maximum absolute atomic E-state index is 12.4. The standard InChI is InChI=1S/C15H22N2O2S/c1-2-13-12-5-8-20-14(12)3-6-17(13)15(18)16-9-11-4-7-19-10-11/h5,8,11,13H,2-4,6-7,9-10H2,1H3,(H,16,18)/t11-,13+/m1/s1. The van der Waals surface area contributed by atoms with E-state index in [9.17, 15) is 4.79 Å². The highest BCUT2D eigenvalue weighted by Gasteiger charge is 2.30. The van der Waals surface area contributed by atoms with Gasteiger partial charge in [0.15, 0.2) is 0 Å². The molecule has 2 aliphatic heterocycles. The number of nitrogens with one attached hydrogen (secondary N) is 1. The van der Waals surface area contributed by atoms with Crippen molar-refractivity contribution in [2.75, 3.05) is 26.3 Å². The van der Waals surface area contributed by atoms with Crippen LogP contribution in [0.15, 0.2) is 11.4 Å². The fourth-order valence-corrected chi connectivity index (χ4v) is 4.09. The molecule has 0 aliphatic carbocycles. The number of carbonyl (C=O) groups is 1. The van der Waals surface area contributed by atoms with Crippen LogP contribution in [-0.2, 0) is 11.2 Å². The smallest absolute Gasteiger partial charge is 0.317 e. The van der Waals surface area contributed by atoms with Gasteiger partial charge in [-0.15, -0.1) is 11.3 Å². The molecule has 20 heavy (non-hydrogen) atoms. The molecule has 4 nitrogen and oxygen atoms in total. The molecule has 1 saturated heterocycles. The number of fused-ring (bicyclic) bond motifs is 1. The fourth-order valence-electron chi connectivity index (χ4n) is 3.16. The zero-order valence-corrected chi connectivity index (χ0v) is 12.7. The number of urea groups is 1. The van der Waals surface area contributed by atoms with E-state index >= 15 is 0 Å². The van der Waals surface area contributed by atoms with Crippen LogP contribution >= 0.6 is 11.3 Å². The Kier molecular flexibility index (Phi) is 4.27. The molecule has 1 aromatic heterocycles. The molecule has 2 aliphatic rings. The second kappa shape index (κ2) is 6.14. The molecule has 110 valence electrons. The SMILES string of the molecule is CC[C@H]1c2ccsc2CCN1C(=O)NC[C@H]1CCOC1. The first-order valence-corrected chi connectivity index (χ1v) is 8.36. The quantitative estimate of drug-likeness (QED) is 0.931. The Hall–Kier alpha value is -1.07. The first-order chi connectivity index (χ1) is 9.79. The van der Waals surface area contributed by atoms with Crippen molar-refractivity contribution in [2.24, 2.45) is 5.92 Å². The first-order valence-electron chi connectivity index (χ1n) is 7.48. The molecule has 5 heteroatoms. The van der Waals surface area contributed by atoms with Gasteiger partial charge in [0.05, 0.1) is 12.6 Å². The van der Waals surface area contributed by atoms with Gasteiger partial charge in [-0.1, -0.05) is 6.92 Å². The molecule has 0 saturated carbocycles. The normalized spacial score (nSPS) is 25.6. The van der Waals surface area contributed by atoms with Gasteiger partial charge in [0, 0.05) is 30.5 Å².